The third-order valence-electron chi connectivity index (χ3n) is 5.48. The predicted octanol–water partition coefficient (Wildman–Crippen LogP) is 3.97. The molecule has 3 nitrogen and oxygen atoms in total. The van der Waals surface area contributed by atoms with Crippen molar-refractivity contribution in [1.29, 1.82) is 0 Å². The van der Waals surface area contributed by atoms with Crippen LogP contribution in [-0.4, -0.2) is 23.7 Å². The maximum Gasteiger partial charge on any atom is 0.416 e. The van der Waals surface area contributed by atoms with E-state index in [1.165, 1.54) is 0 Å². The molecule has 2 aliphatic carbocycles. The molecule has 2 N–H and O–H groups in total. The van der Waals surface area contributed by atoms with Crippen LogP contribution in [0.3, 0.4) is 0 Å². The zero-order chi connectivity index (χ0) is 17.4. The number of aliphatic carboxylic acids is 1. The van der Waals surface area contributed by atoms with E-state index in [1.807, 2.05) is 0 Å². The van der Waals surface area contributed by atoms with E-state index in [9.17, 15) is 18.0 Å². The molecule has 0 atom stereocenters. The summed E-state index contributed by atoms with van der Waals surface area (Å²) in [5.74, 6) is -0.940. The number of nitrogens with one attached hydrogen (secondary N) is 1. The van der Waals surface area contributed by atoms with Gasteiger partial charge in [0.1, 0.15) is 0 Å². The van der Waals surface area contributed by atoms with Gasteiger partial charge in [0, 0.05) is 18.0 Å². The number of hydrogen-bond acceptors (Lipinski definition) is 2. The van der Waals surface area contributed by atoms with E-state index in [4.69, 9.17) is 5.11 Å². The number of rotatable bonds is 5. The van der Waals surface area contributed by atoms with Crippen LogP contribution in [0.15, 0.2) is 24.3 Å². The van der Waals surface area contributed by atoms with Gasteiger partial charge >= 0.3 is 12.1 Å². The first-order valence-electron chi connectivity index (χ1n) is 8.44. The molecule has 3 rings (SSSR count). The van der Waals surface area contributed by atoms with Gasteiger partial charge in [-0.2, -0.15) is 13.2 Å². The van der Waals surface area contributed by atoms with Crippen LogP contribution in [0, 0.1) is 5.92 Å². The van der Waals surface area contributed by atoms with E-state index < -0.39 is 17.7 Å². The number of carboxylic acid groups (broad SMARTS) is 1. The molecule has 2 fully saturated rings. The van der Waals surface area contributed by atoms with Gasteiger partial charge in [0.15, 0.2) is 0 Å². The number of carboxylic acids is 1. The van der Waals surface area contributed by atoms with Crippen molar-refractivity contribution in [3.63, 3.8) is 0 Å². The van der Waals surface area contributed by atoms with E-state index in [0.29, 0.717) is 18.9 Å². The molecular weight excluding hydrogens is 319 g/mol. The van der Waals surface area contributed by atoms with Crippen molar-refractivity contribution < 1.29 is 23.1 Å². The van der Waals surface area contributed by atoms with E-state index in [2.05, 4.69) is 5.32 Å². The molecule has 1 aromatic carbocycles. The summed E-state index contributed by atoms with van der Waals surface area (Å²) in [7, 11) is 0. The predicted molar refractivity (Wildman–Crippen MR) is 83.7 cm³/mol. The molecular formula is C18H22F3NO2. The molecule has 0 aromatic heterocycles. The Morgan fingerprint density at radius 1 is 1.12 bits per heavy atom. The molecule has 0 heterocycles. The normalized spacial score (nSPS) is 26.1. The van der Waals surface area contributed by atoms with E-state index in [0.717, 1.165) is 49.9 Å². The lowest BCUT2D eigenvalue weighted by molar-refractivity contribution is -0.143. The molecule has 0 saturated heterocycles. The second kappa shape index (κ2) is 6.39. The van der Waals surface area contributed by atoms with E-state index in [-0.39, 0.29) is 11.3 Å². The second-order valence-corrected chi connectivity index (χ2v) is 7.12. The maximum atomic E-state index is 12.7. The van der Waals surface area contributed by atoms with Crippen LogP contribution in [0.1, 0.15) is 49.7 Å². The lowest BCUT2D eigenvalue weighted by Crippen LogP contribution is -2.39. The summed E-state index contributed by atoms with van der Waals surface area (Å²) in [6.45, 7) is 0.751. The zero-order valence-corrected chi connectivity index (χ0v) is 13.4. The van der Waals surface area contributed by atoms with Gasteiger partial charge < -0.3 is 10.4 Å². The topological polar surface area (TPSA) is 49.3 Å². The highest BCUT2D eigenvalue weighted by molar-refractivity contribution is 5.70. The number of carbonyl (C=O) groups is 1. The number of benzene rings is 1. The van der Waals surface area contributed by atoms with Crippen LogP contribution >= 0.6 is 0 Å². The van der Waals surface area contributed by atoms with Gasteiger partial charge in [-0.1, -0.05) is 12.1 Å². The van der Waals surface area contributed by atoms with Gasteiger partial charge in [0.2, 0.25) is 0 Å². The van der Waals surface area contributed by atoms with Crippen LogP contribution in [0.4, 0.5) is 13.2 Å². The molecule has 24 heavy (non-hydrogen) atoms. The minimum absolute atomic E-state index is 0.0478. The summed E-state index contributed by atoms with van der Waals surface area (Å²) in [5.41, 5.74) is 0.303. The minimum atomic E-state index is -4.30. The smallest absolute Gasteiger partial charge is 0.416 e. The Labute approximate surface area is 139 Å². The van der Waals surface area contributed by atoms with Gasteiger partial charge in [-0.05, 0) is 56.2 Å². The number of halogens is 3. The van der Waals surface area contributed by atoms with Gasteiger partial charge in [0.25, 0.3) is 0 Å². The highest BCUT2D eigenvalue weighted by Crippen LogP contribution is 2.48. The average molecular weight is 341 g/mol. The average Bonchev–Trinajstić information content (AvgIpc) is 3.34. The van der Waals surface area contributed by atoms with Crippen LogP contribution in [0.2, 0.25) is 0 Å². The molecule has 0 bridgehead atoms. The quantitative estimate of drug-likeness (QED) is 0.852. The third kappa shape index (κ3) is 3.74. The van der Waals surface area contributed by atoms with Crippen molar-refractivity contribution >= 4 is 5.97 Å². The Morgan fingerprint density at radius 3 is 2.17 bits per heavy atom. The molecule has 1 aromatic rings. The van der Waals surface area contributed by atoms with Crippen molar-refractivity contribution in [2.24, 2.45) is 5.92 Å². The molecule has 6 heteroatoms. The summed E-state index contributed by atoms with van der Waals surface area (Å²) < 4.78 is 38.0. The summed E-state index contributed by atoms with van der Waals surface area (Å²) in [5, 5.41) is 12.5. The van der Waals surface area contributed by atoms with E-state index >= 15 is 0 Å². The monoisotopic (exact) mass is 341 g/mol. The van der Waals surface area contributed by atoms with Gasteiger partial charge in [-0.25, -0.2) is 0 Å². The van der Waals surface area contributed by atoms with Crippen molar-refractivity contribution in [3.8, 4) is 0 Å². The molecule has 2 aliphatic rings. The fourth-order valence-corrected chi connectivity index (χ4v) is 3.62. The fourth-order valence-electron chi connectivity index (χ4n) is 3.62. The Bertz CT molecular complexity index is 585. The molecule has 2 saturated carbocycles. The highest BCUT2D eigenvalue weighted by Gasteiger charge is 2.44. The standard InChI is InChI=1S/C18H22F3NO2/c19-18(20,21)14-5-3-13(4-6-14)17(9-10-17)11-22-15-7-1-12(2-8-15)16(23)24/h3-6,12,15,22H,1-2,7-11H2,(H,23,24). The molecule has 0 aliphatic heterocycles. The first-order chi connectivity index (χ1) is 11.3. The fraction of sp³-hybridized carbons (Fsp3) is 0.611. The van der Waals surface area contributed by atoms with Crippen molar-refractivity contribution in [1.82, 2.24) is 5.32 Å². The Kier molecular flexibility index (Phi) is 4.60. The van der Waals surface area contributed by atoms with Crippen molar-refractivity contribution in [3.05, 3.63) is 35.4 Å². The number of alkyl halides is 3. The second-order valence-electron chi connectivity index (χ2n) is 7.12. The molecule has 0 amide bonds. The Morgan fingerprint density at radius 2 is 1.71 bits per heavy atom. The van der Waals surface area contributed by atoms with Gasteiger partial charge in [-0.3, -0.25) is 4.79 Å². The van der Waals surface area contributed by atoms with Crippen LogP contribution in [-0.2, 0) is 16.4 Å². The Hall–Kier alpha value is -1.56. The maximum absolute atomic E-state index is 12.7. The lowest BCUT2D eigenvalue weighted by Gasteiger charge is -2.29. The van der Waals surface area contributed by atoms with Crippen LogP contribution in [0.25, 0.3) is 0 Å². The summed E-state index contributed by atoms with van der Waals surface area (Å²) in [6.07, 6.45) is 0.753. The van der Waals surface area contributed by atoms with Crippen LogP contribution in [0.5, 0.6) is 0 Å². The zero-order valence-electron chi connectivity index (χ0n) is 13.4. The molecule has 0 spiro atoms. The first-order valence-corrected chi connectivity index (χ1v) is 8.44. The van der Waals surface area contributed by atoms with E-state index in [1.54, 1.807) is 12.1 Å². The SMILES string of the molecule is O=C(O)C1CCC(NCC2(c3ccc(C(F)(F)F)cc3)CC2)CC1. The molecule has 132 valence electrons. The van der Waals surface area contributed by atoms with Gasteiger partial charge in [-0.15, -0.1) is 0 Å². The highest BCUT2D eigenvalue weighted by atomic mass is 19.4. The Balaban J connectivity index is 1.55. The lowest BCUT2D eigenvalue weighted by atomic mass is 9.85. The molecule has 0 radical (unpaired) electrons. The minimum Gasteiger partial charge on any atom is -0.481 e. The van der Waals surface area contributed by atoms with Crippen molar-refractivity contribution in [2.75, 3.05) is 6.54 Å². The number of hydrogen-bond donors (Lipinski definition) is 2. The largest absolute Gasteiger partial charge is 0.481 e. The van der Waals surface area contributed by atoms with Crippen LogP contribution < -0.4 is 5.32 Å². The van der Waals surface area contributed by atoms with Gasteiger partial charge in [0.05, 0.1) is 11.5 Å². The summed E-state index contributed by atoms with van der Waals surface area (Å²) in [4.78, 5) is 11.0. The summed E-state index contributed by atoms with van der Waals surface area (Å²) >= 11 is 0. The van der Waals surface area contributed by atoms with Crippen molar-refractivity contribution in [2.45, 2.75) is 56.2 Å². The molecule has 0 unspecified atom stereocenters. The first kappa shape index (κ1) is 17.3. The summed E-state index contributed by atoms with van der Waals surface area (Å²) in [6, 6.07) is 5.83. The third-order valence-corrected chi connectivity index (χ3v) is 5.48.